The molecule has 0 spiro atoms. The van der Waals surface area contributed by atoms with E-state index in [2.05, 4.69) is 34.6 Å². The second-order valence-electron chi connectivity index (χ2n) is 4.27. The molecule has 0 aliphatic carbocycles. The molecule has 0 radical (unpaired) electrons. The number of hydrogen-bond donors (Lipinski definition) is 2. The molecule has 0 aromatic heterocycles. The number of rotatable bonds is 6. The van der Waals surface area contributed by atoms with Gasteiger partial charge >= 0.3 is 0 Å². The largest absolute Gasteiger partial charge is 0.370 e. The monoisotopic (exact) mass is 285 g/mol. The standard InChI is InChI=1S/C16H19N3S/c17-16(19-14-8-3-1-4-9-14)18-12-7-13-20-15-10-5-2-6-11-15/h1-6,8-11H,7,12-13H2,(H3,17,18,19). The molecule has 2 aromatic carbocycles. The normalized spacial score (nSPS) is 11.3. The van der Waals surface area contributed by atoms with Crippen molar-refractivity contribution in [2.24, 2.45) is 10.7 Å². The van der Waals surface area contributed by atoms with Crippen molar-refractivity contribution in [2.75, 3.05) is 17.6 Å². The van der Waals surface area contributed by atoms with Gasteiger partial charge in [-0.3, -0.25) is 4.99 Å². The number of benzene rings is 2. The Labute approximate surface area is 124 Å². The number of nitrogens with zero attached hydrogens (tertiary/aromatic N) is 1. The molecule has 0 atom stereocenters. The second kappa shape index (κ2) is 8.27. The van der Waals surface area contributed by atoms with Gasteiger partial charge in [0.05, 0.1) is 0 Å². The third-order valence-electron chi connectivity index (χ3n) is 2.64. The van der Waals surface area contributed by atoms with Gasteiger partial charge in [0.25, 0.3) is 0 Å². The molecule has 0 bridgehead atoms. The average Bonchev–Trinajstić information content (AvgIpc) is 2.49. The quantitative estimate of drug-likeness (QED) is 0.369. The number of nitrogens with two attached hydrogens (primary N) is 1. The molecule has 4 heteroatoms. The van der Waals surface area contributed by atoms with Gasteiger partial charge in [0, 0.05) is 17.1 Å². The van der Waals surface area contributed by atoms with E-state index in [1.807, 2.05) is 48.2 Å². The summed E-state index contributed by atoms with van der Waals surface area (Å²) in [5, 5.41) is 3.07. The van der Waals surface area contributed by atoms with E-state index in [0.717, 1.165) is 24.4 Å². The minimum atomic E-state index is 0.473. The number of anilines is 1. The summed E-state index contributed by atoms with van der Waals surface area (Å²) in [6, 6.07) is 20.2. The van der Waals surface area contributed by atoms with Crippen molar-refractivity contribution in [3.63, 3.8) is 0 Å². The fraction of sp³-hybridized carbons (Fsp3) is 0.188. The number of nitrogens with one attached hydrogen (secondary N) is 1. The third-order valence-corrected chi connectivity index (χ3v) is 3.74. The van der Waals surface area contributed by atoms with Crippen LogP contribution in [0, 0.1) is 0 Å². The number of aliphatic imine (C=N–C) groups is 1. The first kappa shape index (κ1) is 14.5. The van der Waals surface area contributed by atoms with Crippen LogP contribution in [0.4, 0.5) is 5.69 Å². The lowest BCUT2D eigenvalue weighted by atomic mass is 10.3. The Hall–Kier alpha value is -1.94. The summed E-state index contributed by atoms with van der Waals surface area (Å²) in [5.74, 6) is 1.52. The molecule has 0 amide bonds. The fourth-order valence-electron chi connectivity index (χ4n) is 1.68. The Balaban J connectivity index is 1.66. The van der Waals surface area contributed by atoms with Crippen LogP contribution in [0.25, 0.3) is 0 Å². The summed E-state index contributed by atoms with van der Waals surface area (Å²) in [6.07, 6.45) is 1.01. The lowest BCUT2D eigenvalue weighted by Gasteiger charge is -2.05. The van der Waals surface area contributed by atoms with E-state index < -0.39 is 0 Å². The van der Waals surface area contributed by atoms with Gasteiger partial charge in [0.15, 0.2) is 5.96 Å². The van der Waals surface area contributed by atoms with E-state index in [0.29, 0.717) is 5.96 Å². The molecule has 0 heterocycles. The summed E-state index contributed by atoms with van der Waals surface area (Å²) in [4.78, 5) is 5.62. The van der Waals surface area contributed by atoms with Crippen molar-refractivity contribution < 1.29 is 0 Å². The van der Waals surface area contributed by atoms with Crippen LogP contribution < -0.4 is 11.1 Å². The molecule has 2 aromatic rings. The van der Waals surface area contributed by atoms with Crippen LogP contribution >= 0.6 is 11.8 Å². The molecular weight excluding hydrogens is 266 g/mol. The average molecular weight is 285 g/mol. The van der Waals surface area contributed by atoms with Gasteiger partial charge in [0.2, 0.25) is 0 Å². The first-order valence-electron chi connectivity index (χ1n) is 6.64. The second-order valence-corrected chi connectivity index (χ2v) is 5.44. The van der Waals surface area contributed by atoms with Crippen LogP contribution in [0.5, 0.6) is 0 Å². The van der Waals surface area contributed by atoms with E-state index in [1.165, 1.54) is 4.90 Å². The van der Waals surface area contributed by atoms with Crippen LogP contribution in [-0.4, -0.2) is 18.3 Å². The van der Waals surface area contributed by atoms with Crippen molar-refractivity contribution in [3.05, 3.63) is 60.7 Å². The maximum absolute atomic E-state index is 5.83. The Morgan fingerprint density at radius 1 is 1.00 bits per heavy atom. The van der Waals surface area contributed by atoms with Gasteiger partial charge in [-0.25, -0.2) is 0 Å². The van der Waals surface area contributed by atoms with E-state index in [9.17, 15) is 0 Å². The highest BCUT2D eigenvalue weighted by Crippen LogP contribution is 2.17. The highest BCUT2D eigenvalue weighted by atomic mass is 32.2. The predicted octanol–water partition coefficient (Wildman–Crippen LogP) is 3.60. The summed E-state index contributed by atoms with van der Waals surface area (Å²) >= 11 is 1.85. The third kappa shape index (κ3) is 5.36. The summed E-state index contributed by atoms with van der Waals surface area (Å²) in [5.41, 5.74) is 6.80. The van der Waals surface area contributed by atoms with E-state index >= 15 is 0 Å². The van der Waals surface area contributed by atoms with Crippen molar-refractivity contribution in [2.45, 2.75) is 11.3 Å². The van der Waals surface area contributed by atoms with Crippen molar-refractivity contribution in [1.29, 1.82) is 0 Å². The van der Waals surface area contributed by atoms with Gasteiger partial charge in [-0.1, -0.05) is 36.4 Å². The highest BCUT2D eigenvalue weighted by Gasteiger charge is 1.95. The molecule has 3 N–H and O–H groups in total. The molecule has 20 heavy (non-hydrogen) atoms. The molecule has 0 saturated heterocycles. The molecule has 0 unspecified atom stereocenters. The molecule has 0 aliphatic heterocycles. The lowest BCUT2D eigenvalue weighted by Crippen LogP contribution is -2.22. The maximum atomic E-state index is 5.83. The minimum absolute atomic E-state index is 0.473. The number of para-hydroxylation sites is 1. The Morgan fingerprint density at radius 2 is 1.65 bits per heavy atom. The van der Waals surface area contributed by atoms with Gasteiger partial charge in [0.1, 0.15) is 0 Å². The molecule has 0 saturated carbocycles. The Kier molecular flexibility index (Phi) is 5.99. The van der Waals surface area contributed by atoms with Gasteiger partial charge in [-0.05, 0) is 36.4 Å². The highest BCUT2D eigenvalue weighted by molar-refractivity contribution is 7.99. The minimum Gasteiger partial charge on any atom is -0.370 e. The van der Waals surface area contributed by atoms with E-state index in [-0.39, 0.29) is 0 Å². The molecule has 0 aliphatic rings. The van der Waals surface area contributed by atoms with Crippen LogP contribution in [0.3, 0.4) is 0 Å². The Morgan fingerprint density at radius 3 is 2.35 bits per heavy atom. The maximum Gasteiger partial charge on any atom is 0.193 e. The number of hydrogen-bond acceptors (Lipinski definition) is 2. The smallest absolute Gasteiger partial charge is 0.193 e. The van der Waals surface area contributed by atoms with Crippen LogP contribution in [0.1, 0.15) is 6.42 Å². The summed E-state index contributed by atoms with van der Waals surface area (Å²) in [6.45, 7) is 0.742. The number of guanidine groups is 1. The van der Waals surface area contributed by atoms with Crippen LogP contribution in [-0.2, 0) is 0 Å². The Bertz CT molecular complexity index is 526. The van der Waals surface area contributed by atoms with Gasteiger partial charge in [-0.2, -0.15) is 0 Å². The molecule has 104 valence electrons. The van der Waals surface area contributed by atoms with Gasteiger partial charge < -0.3 is 11.1 Å². The van der Waals surface area contributed by atoms with Crippen molar-refractivity contribution >= 4 is 23.4 Å². The van der Waals surface area contributed by atoms with Crippen molar-refractivity contribution in [3.8, 4) is 0 Å². The molecule has 2 rings (SSSR count). The number of thioether (sulfide) groups is 1. The van der Waals surface area contributed by atoms with E-state index in [4.69, 9.17) is 5.73 Å². The predicted molar refractivity (Wildman–Crippen MR) is 88.3 cm³/mol. The lowest BCUT2D eigenvalue weighted by molar-refractivity contribution is 0.940. The first-order chi connectivity index (χ1) is 9.84. The first-order valence-corrected chi connectivity index (χ1v) is 7.63. The molecule has 0 fully saturated rings. The zero-order valence-corrected chi connectivity index (χ0v) is 12.1. The molecular formula is C16H19N3S. The van der Waals surface area contributed by atoms with Gasteiger partial charge in [-0.15, -0.1) is 11.8 Å². The zero-order valence-electron chi connectivity index (χ0n) is 11.3. The topological polar surface area (TPSA) is 50.4 Å². The van der Waals surface area contributed by atoms with Crippen molar-refractivity contribution in [1.82, 2.24) is 0 Å². The molecule has 3 nitrogen and oxygen atoms in total. The zero-order chi connectivity index (χ0) is 14.0. The summed E-state index contributed by atoms with van der Waals surface area (Å²) in [7, 11) is 0. The fourth-order valence-corrected chi connectivity index (χ4v) is 2.54. The summed E-state index contributed by atoms with van der Waals surface area (Å²) < 4.78 is 0. The van der Waals surface area contributed by atoms with E-state index in [1.54, 1.807) is 0 Å². The van der Waals surface area contributed by atoms with Crippen LogP contribution in [0.15, 0.2) is 70.6 Å². The van der Waals surface area contributed by atoms with Crippen LogP contribution in [0.2, 0.25) is 0 Å². The SMILES string of the molecule is NC(=NCCCSc1ccccc1)Nc1ccccc1.